The van der Waals surface area contributed by atoms with Crippen molar-refractivity contribution in [1.82, 2.24) is 9.66 Å². The lowest BCUT2D eigenvalue weighted by Crippen LogP contribution is -2.25. The van der Waals surface area contributed by atoms with Crippen LogP contribution in [0.3, 0.4) is 0 Å². The van der Waals surface area contributed by atoms with Gasteiger partial charge in [-0.1, -0.05) is 89.3 Å². The summed E-state index contributed by atoms with van der Waals surface area (Å²) in [5, 5.41) is 7.89. The van der Waals surface area contributed by atoms with E-state index in [1.807, 2.05) is 43.3 Å². The summed E-state index contributed by atoms with van der Waals surface area (Å²) in [6.07, 6.45) is 7.08. The first-order valence-electron chi connectivity index (χ1n) is 14.3. The Bertz CT molecular complexity index is 1840. The van der Waals surface area contributed by atoms with Gasteiger partial charge in [0.25, 0.3) is 5.56 Å². The fourth-order valence-electron chi connectivity index (χ4n) is 5.66. The number of fused-ring (bicyclic) bond motifs is 2. The maximum atomic E-state index is 13.7. The molecular formula is C34H31BrClN3O3. The van der Waals surface area contributed by atoms with E-state index < -0.39 is 0 Å². The minimum Gasteiger partial charge on any atom is -0.490 e. The summed E-state index contributed by atoms with van der Waals surface area (Å²) < 4.78 is 14.5. The van der Waals surface area contributed by atoms with E-state index in [9.17, 15) is 4.79 Å². The molecule has 0 saturated heterocycles. The zero-order chi connectivity index (χ0) is 29.1. The molecule has 5 aromatic rings. The Morgan fingerprint density at radius 3 is 2.64 bits per heavy atom. The number of aromatic nitrogens is 2. The van der Waals surface area contributed by atoms with Crippen molar-refractivity contribution in [2.24, 2.45) is 5.10 Å². The summed E-state index contributed by atoms with van der Waals surface area (Å²) in [5.74, 6) is 1.88. The van der Waals surface area contributed by atoms with E-state index in [0.29, 0.717) is 52.0 Å². The number of hydrogen-bond donors (Lipinski definition) is 0. The molecule has 0 spiro atoms. The summed E-state index contributed by atoms with van der Waals surface area (Å²) in [6, 6.07) is 23.6. The molecule has 4 aromatic carbocycles. The molecule has 42 heavy (non-hydrogen) atoms. The third-order valence-corrected chi connectivity index (χ3v) is 8.48. The lowest BCUT2D eigenvalue weighted by molar-refractivity contribution is 0.270. The van der Waals surface area contributed by atoms with Gasteiger partial charge in [0, 0.05) is 10.4 Å². The highest BCUT2D eigenvalue weighted by Gasteiger charge is 2.23. The quantitative estimate of drug-likeness (QED) is 0.158. The van der Waals surface area contributed by atoms with Gasteiger partial charge in [0.1, 0.15) is 12.4 Å². The Balaban J connectivity index is 1.35. The molecular weight excluding hydrogens is 614 g/mol. The van der Waals surface area contributed by atoms with E-state index in [1.165, 1.54) is 11.1 Å². The molecule has 1 aliphatic carbocycles. The minimum atomic E-state index is -0.190. The van der Waals surface area contributed by atoms with Gasteiger partial charge in [0.15, 0.2) is 11.5 Å². The zero-order valence-corrected chi connectivity index (χ0v) is 25.7. The van der Waals surface area contributed by atoms with E-state index >= 15 is 0 Å². The molecule has 0 amide bonds. The first-order valence-corrected chi connectivity index (χ1v) is 15.5. The fourth-order valence-corrected chi connectivity index (χ4v) is 6.30. The first-order chi connectivity index (χ1) is 20.5. The molecule has 214 valence electrons. The maximum absolute atomic E-state index is 13.7. The van der Waals surface area contributed by atoms with E-state index in [2.05, 4.69) is 45.3 Å². The van der Waals surface area contributed by atoms with Crippen molar-refractivity contribution in [3.8, 4) is 11.5 Å². The molecule has 0 bridgehead atoms. The molecule has 0 radical (unpaired) electrons. The van der Waals surface area contributed by atoms with Crippen LogP contribution in [0.1, 0.15) is 61.9 Å². The molecule has 6 nitrogen and oxygen atoms in total. The van der Waals surface area contributed by atoms with Gasteiger partial charge in [0.05, 0.1) is 28.7 Å². The number of ether oxygens (including phenoxy) is 2. The second kappa shape index (κ2) is 12.7. The third kappa shape index (κ3) is 5.94. The molecule has 1 aromatic heterocycles. The van der Waals surface area contributed by atoms with Crippen LogP contribution in [0.2, 0.25) is 5.02 Å². The maximum Gasteiger partial charge on any atom is 0.282 e. The molecule has 6 rings (SSSR count). The predicted molar refractivity (Wildman–Crippen MR) is 173 cm³/mol. The number of benzene rings is 4. The average Bonchev–Trinajstić information content (AvgIpc) is 3.01. The van der Waals surface area contributed by atoms with Gasteiger partial charge in [-0.2, -0.15) is 9.78 Å². The Morgan fingerprint density at radius 1 is 1.00 bits per heavy atom. The van der Waals surface area contributed by atoms with Gasteiger partial charge in [-0.05, 0) is 72.0 Å². The molecule has 0 aliphatic heterocycles. The van der Waals surface area contributed by atoms with E-state index in [4.69, 9.17) is 26.1 Å². The average molecular weight is 645 g/mol. The molecule has 0 unspecified atom stereocenters. The summed E-state index contributed by atoms with van der Waals surface area (Å²) in [7, 11) is 0. The van der Waals surface area contributed by atoms with Crippen molar-refractivity contribution in [1.29, 1.82) is 0 Å². The minimum absolute atomic E-state index is 0.184. The highest BCUT2D eigenvalue weighted by Crippen LogP contribution is 2.37. The second-order valence-electron chi connectivity index (χ2n) is 10.5. The van der Waals surface area contributed by atoms with Crippen LogP contribution in [0.4, 0.5) is 0 Å². The lowest BCUT2D eigenvalue weighted by atomic mass is 9.88. The van der Waals surface area contributed by atoms with Gasteiger partial charge in [-0.3, -0.25) is 4.79 Å². The van der Waals surface area contributed by atoms with Crippen LogP contribution in [0.15, 0.2) is 87.2 Å². The van der Waals surface area contributed by atoms with Gasteiger partial charge in [0.2, 0.25) is 0 Å². The highest BCUT2D eigenvalue weighted by molar-refractivity contribution is 9.10. The number of rotatable bonds is 8. The Morgan fingerprint density at radius 2 is 1.81 bits per heavy atom. The van der Waals surface area contributed by atoms with Crippen molar-refractivity contribution < 1.29 is 9.47 Å². The lowest BCUT2D eigenvalue weighted by Gasteiger charge is -2.22. The van der Waals surface area contributed by atoms with E-state index in [-0.39, 0.29) is 11.5 Å². The molecule has 0 N–H and O–H groups in total. The zero-order valence-electron chi connectivity index (χ0n) is 23.4. The Kier molecular flexibility index (Phi) is 8.58. The largest absolute Gasteiger partial charge is 0.490 e. The molecule has 1 aliphatic rings. The van der Waals surface area contributed by atoms with Crippen LogP contribution in [0.25, 0.3) is 21.7 Å². The van der Waals surface area contributed by atoms with Crippen molar-refractivity contribution >= 4 is 55.4 Å². The molecule has 8 heteroatoms. The third-order valence-electron chi connectivity index (χ3n) is 7.71. The number of halogens is 2. The topological polar surface area (TPSA) is 65.7 Å². The summed E-state index contributed by atoms with van der Waals surface area (Å²) in [5.41, 5.74) is 2.24. The van der Waals surface area contributed by atoms with Crippen LogP contribution in [-0.4, -0.2) is 22.5 Å². The highest BCUT2D eigenvalue weighted by atomic mass is 79.9. The molecule has 1 heterocycles. The van der Waals surface area contributed by atoms with E-state index in [0.717, 1.165) is 46.5 Å². The Hall–Kier alpha value is -3.68. The van der Waals surface area contributed by atoms with Gasteiger partial charge in [-0.25, -0.2) is 4.98 Å². The SMILES string of the molecule is CCOc1cc(C=Nn2c(C3CCCCC3)nc3ccc(Br)cc3c2=O)cc(Cl)c1OCc1cccc2ccccc12. The van der Waals surface area contributed by atoms with Crippen LogP contribution < -0.4 is 15.0 Å². The predicted octanol–water partition coefficient (Wildman–Crippen LogP) is 8.87. The second-order valence-corrected chi connectivity index (χ2v) is 11.8. The van der Waals surface area contributed by atoms with Gasteiger partial charge in [-0.15, -0.1) is 0 Å². The van der Waals surface area contributed by atoms with Crippen molar-refractivity contribution in [3.05, 3.63) is 110 Å². The van der Waals surface area contributed by atoms with Crippen LogP contribution in [-0.2, 0) is 6.61 Å². The van der Waals surface area contributed by atoms with E-state index in [1.54, 1.807) is 18.3 Å². The number of nitrogens with zero attached hydrogens (tertiary/aromatic N) is 3. The van der Waals surface area contributed by atoms with Crippen molar-refractivity contribution in [3.63, 3.8) is 0 Å². The van der Waals surface area contributed by atoms with Gasteiger partial charge < -0.3 is 9.47 Å². The monoisotopic (exact) mass is 643 g/mol. The fraction of sp³-hybridized carbons (Fsp3) is 0.265. The first kappa shape index (κ1) is 28.4. The van der Waals surface area contributed by atoms with Crippen LogP contribution in [0.5, 0.6) is 11.5 Å². The smallest absolute Gasteiger partial charge is 0.282 e. The van der Waals surface area contributed by atoms with Crippen molar-refractivity contribution in [2.45, 2.75) is 51.6 Å². The van der Waals surface area contributed by atoms with Crippen LogP contribution >= 0.6 is 27.5 Å². The van der Waals surface area contributed by atoms with Crippen LogP contribution in [0, 0.1) is 0 Å². The normalized spacial score (nSPS) is 14.2. The standard InChI is InChI=1S/C34H31BrClN3O3/c1-2-41-31-18-22(17-29(36)32(31)42-21-25-13-8-12-23-9-6-7-14-27(23)25)20-37-39-33(24-10-4-3-5-11-24)38-30-16-15-26(35)19-28(30)34(39)40/h6-9,12-20,24H,2-5,10-11,21H2,1H3. The number of hydrogen-bond acceptors (Lipinski definition) is 5. The van der Waals surface area contributed by atoms with Crippen molar-refractivity contribution in [2.75, 3.05) is 6.61 Å². The summed E-state index contributed by atoms with van der Waals surface area (Å²) in [6.45, 7) is 2.70. The molecule has 0 atom stereocenters. The molecule has 1 saturated carbocycles. The summed E-state index contributed by atoms with van der Waals surface area (Å²) >= 11 is 10.2. The Labute approximate surface area is 258 Å². The van der Waals surface area contributed by atoms with Gasteiger partial charge >= 0.3 is 0 Å². The molecule has 1 fully saturated rings. The summed E-state index contributed by atoms with van der Waals surface area (Å²) in [4.78, 5) is 18.6.